The summed E-state index contributed by atoms with van der Waals surface area (Å²) < 4.78 is 22.5. The van der Waals surface area contributed by atoms with Gasteiger partial charge in [-0.05, 0) is 29.8 Å². The van der Waals surface area contributed by atoms with E-state index >= 15 is 0 Å². The normalized spacial score (nSPS) is 16.3. The van der Waals surface area contributed by atoms with Crippen molar-refractivity contribution in [1.29, 1.82) is 5.26 Å². The second-order valence-electron chi connectivity index (χ2n) is 7.12. The van der Waals surface area contributed by atoms with Crippen LogP contribution in [-0.2, 0) is 6.61 Å². The first kappa shape index (κ1) is 19.2. The molecule has 0 fully saturated rings. The van der Waals surface area contributed by atoms with Gasteiger partial charge in [0.15, 0.2) is 11.5 Å². The summed E-state index contributed by atoms with van der Waals surface area (Å²) >= 11 is 6.19. The summed E-state index contributed by atoms with van der Waals surface area (Å²) in [6.07, 6.45) is 0. The zero-order valence-corrected chi connectivity index (χ0v) is 17.1. The van der Waals surface area contributed by atoms with Crippen molar-refractivity contribution in [2.24, 2.45) is 5.73 Å². The van der Waals surface area contributed by atoms with E-state index in [0.29, 0.717) is 40.2 Å². The molecular formula is C24H17ClN2O4. The van der Waals surface area contributed by atoms with Crippen molar-refractivity contribution in [1.82, 2.24) is 0 Å². The molecule has 0 radical (unpaired) electrons. The highest BCUT2D eigenvalue weighted by molar-refractivity contribution is 6.31. The summed E-state index contributed by atoms with van der Waals surface area (Å²) in [4.78, 5) is 0. The number of rotatable bonds is 4. The van der Waals surface area contributed by atoms with Gasteiger partial charge in [-0.1, -0.05) is 41.9 Å². The van der Waals surface area contributed by atoms with Crippen LogP contribution in [0.1, 0.15) is 22.6 Å². The Bertz CT molecular complexity index is 1230. The maximum absolute atomic E-state index is 9.74. The largest absolute Gasteiger partial charge is 0.489 e. The van der Waals surface area contributed by atoms with Crippen LogP contribution in [0.2, 0.25) is 5.02 Å². The highest BCUT2D eigenvalue weighted by Gasteiger charge is 2.33. The van der Waals surface area contributed by atoms with Gasteiger partial charge in [0.25, 0.3) is 0 Å². The lowest BCUT2D eigenvalue weighted by Gasteiger charge is -2.26. The second kappa shape index (κ2) is 7.78. The minimum absolute atomic E-state index is 0.0814. The third-order valence-corrected chi connectivity index (χ3v) is 5.64. The minimum Gasteiger partial charge on any atom is -0.489 e. The number of nitrogens with zero attached hydrogens (tertiary/aromatic N) is 1. The Morgan fingerprint density at radius 1 is 1.03 bits per heavy atom. The van der Waals surface area contributed by atoms with E-state index < -0.39 is 0 Å². The molecule has 31 heavy (non-hydrogen) atoms. The van der Waals surface area contributed by atoms with Gasteiger partial charge < -0.3 is 24.7 Å². The first-order chi connectivity index (χ1) is 15.1. The highest BCUT2D eigenvalue weighted by atomic mass is 35.5. The molecule has 7 heteroatoms. The second-order valence-corrected chi connectivity index (χ2v) is 7.52. The smallest absolute Gasteiger partial charge is 0.231 e. The maximum Gasteiger partial charge on any atom is 0.231 e. The Hall–Kier alpha value is -3.82. The molecule has 2 aliphatic rings. The number of benzene rings is 3. The summed E-state index contributed by atoms with van der Waals surface area (Å²) in [7, 11) is 0. The van der Waals surface area contributed by atoms with Crippen LogP contribution >= 0.6 is 11.6 Å². The van der Waals surface area contributed by atoms with Gasteiger partial charge >= 0.3 is 0 Å². The fourth-order valence-electron chi connectivity index (χ4n) is 3.72. The molecule has 2 aliphatic heterocycles. The number of halogens is 1. The molecule has 6 nitrogen and oxygen atoms in total. The van der Waals surface area contributed by atoms with Gasteiger partial charge in [0.2, 0.25) is 12.7 Å². The molecule has 0 aliphatic carbocycles. The predicted molar refractivity (Wildman–Crippen MR) is 114 cm³/mol. The van der Waals surface area contributed by atoms with Crippen molar-refractivity contribution in [3.8, 4) is 29.1 Å². The Labute approximate surface area is 184 Å². The van der Waals surface area contributed by atoms with E-state index in [1.165, 1.54) is 0 Å². The molecule has 3 aromatic carbocycles. The van der Waals surface area contributed by atoms with Crippen molar-refractivity contribution < 1.29 is 18.9 Å². The molecule has 0 aromatic heterocycles. The molecule has 2 heterocycles. The highest BCUT2D eigenvalue weighted by Crippen LogP contribution is 2.48. The van der Waals surface area contributed by atoms with Gasteiger partial charge in [0.1, 0.15) is 29.7 Å². The molecule has 1 unspecified atom stereocenters. The quantitative estimate of drug-likeness (QED) is 0.633. The van der Waals surface area contributed by atoms with Gasteiger partial charge in [-0.2, -0.15) is 5.26 Å². The molecular weight excluding hydrogens is 416 g/mol. The fraction of sp³-hybridized carbons (Fsp3) is 0.125. The first-order valence-electron chi connectivity index (χ1n) is 9.61. The number of hydrogen-bond donors (Lipinski definition) is 1. The number of nitriles is 1. The van der Waals surface area contributed by atoms with E-state index in [9.17, 15) is 5.26 Å². The lowest BCUT2D eigenvalue weighted by Crippen LogP contribution is -2.21. The van der Waals surface area contributed by atoms with Crippen LogP contribution in [0, 0.1) is 11.3 Å². The summed E-state index contributed by atoms with van der Waals surface area (Å²) in [6, 6.07) is 20.9. The lowest BCUT2D eigenvalue weighted by molar-refractivity contribution is 0.174. The Morgan fingerprint density at radius 2 is 1.77 bits per heavy atom. The minimum atomic E-state index is -0.388. The van der Waals surface area contributed by atoms with E-state index in [4.69, 9.17) is 36.3 Å². The molecule has 1 atom stereocenters. The van der Waals surface area contributed by atoms with Crippen LogP contribution in [0.3, 0.4) is 0 Å². The number of nitrogens with two attached hydrogens (primary N) is 1. The third kappa shape index (κ3) is 3.49. The molecule has 2 N–H and O–H groups in total. The van der Waals surface area contributed by atoms with Gasteiger partial charge in [0.05, 0.1) is 5.92 Å². The Morgan fingerprint density at radius 3 is 2.52 bits per heavy atom. The van der Waals surface area contributed by atoms with E-state index in [2.05, 4.69) is 6.07 Å². The number of ether oxygens (including phenoxy) is 4. The molecule has 0 saturated carbocycles. The number of fused-ring (bicyclic) bond motifs is 2. The molecule has 0 spiro atoms. The zero-order valence-electron chi connectivity index (χ0n) is 16.3. The molecule has 5 rings (SSSR count). The Kier molecular flexibility index (Phi) is 4.81. The van der Waals surface area contributed by atoms with Gasteiger partial charge in [-0.3, -0.25) is 0 Å². The molecule has 154 valence electrons. The maximum atomic E-state index is 9.74. The first-order valence-corrected chi connectivity index (χ1v) is 9.99. The van der Waals surface area contributed by atoms with Crippen molar-refractivity contribution in [2.45, 2.75) is 12.5 Å². The van der Waals surface area contributed by atoms with Crippen LogP contribution in [0.4, 0.5) is 0 Å². The molecule has 0 bridgehead atoms. The lowest BCUT2D eigenvalue weighted by atomic mass is 9.83. The zero-order chi connectivity index (χ0) is 21.4. The molecule has 0 saturated heterocycles. The predicted octanol–water partition coefficient (Wildman–Crippen LogP) is 4.87. The van der Waals surface area contributed by atoms with E-state index in [-0.39, 0.29) is 18.6 Å². The van der Waals surface area contributed by atoms with Crippen LogP contribution in [-0.4, -0.2) is 6.79 Å². The van der Waals surface area contributed by atoms with Crippen molar-refractivity contribution in [3.63, 3.8) is 0 Å². The summed E-state index contributed by atoms with van der Waals surface area (Å²) in [5, 5.41) is 10.4. The standard InChI is InChI=1S/C24H17ClN2O4/c25-19-4-2-1-3-15(19)12-28-16-7-5-14(6-8-16)23-17-9-21-22(30-13-29-21)10-20(17)31-24(27)18(23)11-26/h1-10,23H,12-13,27H2. The summed E-state index contributed by atoms with van der Waals surface area (Å²) in [6.45, 7) is 0.507. The van der Waals surface area contributed by atoms with Gasteiger partial charge in [0, 0.05) is 22.2 Å². The fourth-order valence-corrected chi connectivity index (χ4v) is 3.91. The molecule has 3 aromatic rings. The molecule has 0 amide bonds. The summed E-state index contributed by atoms with van der Waals surface area (Å²) in [5.41, 5.74) is 8.98. The van der Waals surface area contributed by atoms with Crippen molar-refractivity contribution >= 4 is 11.6 Å². The number of hydrogen-bond acceptors (Lipinski definition) is 6. The van der Waals surface area contributed by atoms with E-state index in [0.717, 1.165) is 16.7 Å². The van der Waals surface area contributed by atoms with Gasteiger partial charge in [-0.15, -0.1) is 0 Å². The third-order valence-electron chi connectivity index (χ3n) is 5.28. The summed E-state index contributed by atoms with van der Waals surface area (Å²) in [5.74, 6) is 2.14. The van der Waals surface area contributed by atoms with Crippen LogP contribution in [0.15, 0.2) is 72.1 Å². The average molecular weight is 433 g/mol. The number of allylic oxidation sites excluding steroid dienone is 1. The van der Waals surface area contributed by atoms with Crippen molar-refractivity contribution in [2.75, 3.05) is 6.79 Å². The van der Waals surface area contributed by atoms with Crippen LogP contribution < -0.4 is 24.7 Å². The van der Waals surface area contributed by atoms with Crippen molar-refractivity contribution in [3.05, 3.63) is 93.8 Å². The van der Waals surface area contributed by atoms with Gasteiger partial charge in [-0.25, -0.2) is 0 Å². The van der Waals surface area contributed by atoms with E-state index in [1.54, 1.807) is 6.07 Å². The Balaban J connectivity index is 1.45. The van der Waals surface area contributed by atoms with Crippen LogP contribution in [0.5, 0.6) is 23.0 Å². The monoisotopic (exact) mass is 432 g/mol. The topological polar surface area (TPSA) is 86.7 Å². The SMILES string of the molecule is N#CC1=C(N)Oc2cc3c(cc2C1c1ccc(OCc2ccccc2Cl)cc1)OCO3. The van der Waals surface area contributed by atoms with E-state index in [1.807, 2.05) is 54.6 Å². The average Bonchev–Trinajstić information content (AvgIpc) is 3.24. The van der Waals surface area contributed by atoms with Crippen LogP contribution in [0.25, 0.3) is 0 Å².